The maximum Gasteiger partial charge on any atom is 0.272 e. The summed E-state index contributed by atoms with van der Waals surface area (Å²) in [6, 6.07) is 0.0686. The zero-order valence-corrected chi connectivity index (χ0v) is 11.8. The third-order valence-corrected chi connectivity index (χ3v) is 3.34. The van der Waals surface area contributed by atoms with Crippen LogP contribution in [0.4, 0.5) is 0 Å². The molecule has 1 atom stereocenters. The van der Waals surface area contributed by atoms with Gasteiger partial charge in [-0.15, -0.1) is 5.10 Å². The Bertz CT molecular complexity index is 362. The number of aromatic nitrogens is 2. The first-order valence-electron chi connectivity index (χ1n) is 5.55. The maximum absolute atomic E-state index is 11.8. The van der Waals surface area contributed by atoms with Crippen molar-refractivity contribution in [3.05, 3.63) is 11.1 Å². The molecule has 1 aromatic heterocycles. The largest absolute Gasteiger partial charge is 0.348 e. The fourth-order valence-corrected chi connectivity index (χ4v) is 2.12. The van der Waals surface area contributed by atoms with Crippen LogP contribution in [0.2, 0.25) is 0 Å². The van der Waals surface area contributed by atoms with E-state index in [1.165, 1.54) is 11.5 Å². The van der Waals surface area contributed by atoms with Gasteiger partial charge in [0, 0.05) is 18.0 Å². The minimum Gasteiger partial charge on any atom is -0.348 e. The normalized spacial score (nSPS) is 13.8. The van der Waals surface area contributed by atoms with Crippen LogP contribution in [0.3, 0.4) is 0 Å². The fourth-order valence-electron chi connectivity index (χ4n) is 1.68. The quantitative estimate of drug-likeness (QED) is 0.861. The number of nitrogens with one attached hydrogen (secondary N) is 1. The van der Waals surface area contributed by atoms with Crippen LogP contribution < -0.4 is 5.32 Å². The minimum atomic E-state index is -0.155. The lowest BCUT2D eigenvalue weighted by Gasteiger charge is -2.34. The van der Waals surface area contributed by atoms with E-state index in [1.807, 2.05) is 21.0 Å². The Labute approximate surface area is 106 Å². The number of amides is 1. The minimum absolute atomic E-state index is 0.00259. The number of nitrogens with zero attached hydrogens (tertiary/aromatic N) is 3. The van der Waals surface area contributed by atoms with Gasteiger partial charge in [0.25, 0.3) is 5.91 Å². The zero-order chi connectivity index (χ0) is 13.1. The van der Waals surface area contributed by atoms with Crippen molar-refractivity contribution in [3.63, 3.8) is 0 Å². The molecule has 0 radical (unpaired) electrons. The average Bonchev–Trinajstić information content (AvgIpc) is 2.67. The molecule has 0 bridgehead atoms. The van der Waals surface area contributed by atoms with Gasteiger partial charge >= 0.3 is 0 Å². The van der Waals surface area contributed by atoms with Crippen molar-refractivity contribution in [1.29, 1.82) is 0 Å². The van der Waals surface area contributed by atoms with E-state index >= 15 is 0 Å². The summed E-state index contributed by atoms with van der Waals surface area (Å²) in [6.45, 7) is 7.19. The summed E-state index contributed by atoms with van der Waals surface area (Å²) in [5.74, 6) is -0.155. The summed E-state index contributed by atoms with van der Waals surface area (Å²) in [5.41, 5.74) is 0.394. The van der Waals surface area contributed by atoms with Crippen molar-refractivity contribution in [3.8, 4) is 0 Å². The van der Waals surface area contributed by atoms with Crippen LogP contribution in [-0.2, 0) is 0 Å². The van der Waals surface area contributed by atoms with Gasteiger partial charge in [0.15, 0.2) is 5.69 Å². The monoisotopic (exact) mass is 256 g/mol. The first-order valence-corrected chi connectivity index (χ1v) is 6.39. The SMILES string of the molecule is C[C@H](NC(=O)c1csnn1)C(C)(C)CN(C)C. The van der Waals surface area contributed by atoms with Crippen LogP contribution in [0.25, 0.3) is 0 Å². The van der Waals surface area contributed by atoms with E-state index in [0.29, 0.717) is 5.69 Å². The summed E-state index contributed by atoms with van der Waals surface area (Å²) in [5, 5.41) is 8.38. The number of carbonyl (C=O) groups excluding carboxylic acids is 1. The molecule has 1 heterocycles. The first-order chi connectivity index (χ1) is 7.83. The summed E-state index contributed by atoms with van der Waals surface area (Å²) in [7, 11) is 4.06. The van der Waals surface area contributed by atoms with Gasteiger partial charge < -0.3 is 10.2 Å². The highest BCUT2D eigenvalue weighted by Gasteiger charge is 2.28. The molecule has 0 fully saturated rings. The van der Waals surface area contributed by atoms with E-state index in [4.69, 9.17) is 0 Å². The lowest BCUT2D eigenvalue weighted by molar-refractivity contribution is 0.0880. The molecule has 0 aliphatic heterocycles. The average molecular weight is 256 g/mol. The van der Waals surface area contributed by atoms with E-state index in [0.717, 1.165) is 6.54 Å². The van der Waals surface area contributed by atoms with Crippen LogP contribution in [0, 0.1) is 5.41 Å². The zero-order valence-electron chi connectivity index (χ0n) is 11.0. The Morgan fingerprint density at radius 1 is 1.59 bits per heavy atom. The lowest BCUT2D eigenvalue weighted by Crippen LogP contribution is -2.47. The van der Waals surface area contributed by atoms with Gasteiger partial charge in [-0.3, -0.25) is 4.79 Å². The van der Waals surface area contributed by atoms with Crippen molar-refractivity contribution in [2.75, 3.05) is 20.6 Å². The molecule has 6 heteroatoms. The summed E-state index contributed by atoms with van der Waals surface area (Å²) < 4.78 is 3.68. The predicted molar refractivity (Wildman–Crippen MR) is 69.2 cm³/mol. The molecule has 17 heavy (non-hydrogen) atoms. The Morgan fingerprint density at radius 3 is 2.71 bits per heavy atom. The van der Waals surface area contributed by atoms with Crippen molar-refractivity contribution in [2.24, 2.45) is 5.41 Å². The second-order valence-electron chi connectivity index (χ2n) is 5.21. The number of rotatable bonds is 5. The molecule has 96 valence electrons. The molecule has 1 N–H and O–H groups in total. The molecule has 1 rings (SSSR count). The van der Waals surface area contributed by atoms with E-state index in [2.05, 4.69) is 33.7 Å². The van der Waals surface area contributed by atoms with Gasteiger partial charge in [-0.25, -0.2) is 0 Å². The maximum atomic E-state index is 11.8. The molecule has 0 saturated heterocycles. The topological polar surface area (TPSA) is 58.1 Å². The lowest BCUT2D eigenvalue weighted by atomic mass is 9.85. The van der Waals surface area contributed by atoms with E-state index < -0.39 is 0 Å². The smallest absolute Gasteiger partial charge is 0.272 e. The molecule has 0 unspecified atom stereocenters. The predicted octanol–water partition coefficient (Wildman–Crippen LogP) is 1.24. The summed E-state index contributed by atoms with van der Waals surface area (Å²) >= 11 is 1.18. The van der Waals surface area contributed by atoms with E-state index in [-0.39, 0.29) is 17.4 Å². The number of carbonyl (C=O) groups is 1. The summed E-state index contributed by atoms with van der Waals surface area (Å²) in [4.78, 5) is 13.9. The third kappa shape index (κ3) is 4.05. The summed E-state index contributed by atoms with van der Waals surface area (Å²) in [6.07, 6.45) is 0. The van der Waals surface area contributed by atoms with Crippen LogP contribution in [0.1, 0.15) is 31.3 Å². The standard InChI is InChI=1S/C11H20N4OS/c1-8(11(2,3)7-15(4)5)12-10(16)9-6-17-14-13-9/h6,8H,7H2,1-5H3,(H,12,16)/t8-/m0/s1. The molecule has 0 aliphatic carbocycles. The van der Waals surface area contributed by atoms with Gasteiger partial charge in [0.2, 0.25) is 0 Å². The Hall–Kier alpha value is -1.01. The van der Waals surface area contributed by atoms with Crippen molar-refractivity contribution >= 4 is 17.4 Å². The van der Waals surface area contributed by atoms with Crippen LogP contribution >= 0.6 is 11.5 Å². The van der Waals surface area contributed by atoms with Gasteiger partial charge in [-0.05, 0) is 38.0 Å². The molecule has 0 aromatic carbocycles. The molecule has 5 nitrogen and oxygen atoms in total. The number of hydrogen-bond donors (Lipinski definition) is 1. The second kappa shape index (κ2) is 5.55. The van der Waals surface area contributed by atoms with Crippen LogP contribution in [0.5, 0.6) is 0 Å². The number of hydrogen-bond acceptors (Lipinski definition) is 5. The molecule has 0 aliphatic rings. The highest BCUT2D eigenvalue weighted by Crippen LogP contribution is 2.21. The van der Waals surface area contributed by atoms with Gasteiger partial charge in [-0.2, -0.15) is 0 Å². The molecule has 0 saturated carbocycles. The fraction of sp³-hybridized carbons (Fsp3) is 0.727. The van der Waals surface area contributed by atoms with Crippen molar-refractivity contribution < 1.29 is 4.79 Å². The molecular weight excluding hydrogens is 236 g/mol. The van der Waals surface area contributed by atoms with Crippen molar-refractivity contribution in [2.45, 2.75) is 26.8 Å². The Morgan fingerprint density at radius 2 is 2.24 bits per heavy atom. The Balaban J connectivity index is 2.59. The highest BCUT2D eigenvalue weighted by molar-refractivity contribution is 7.03. The Kier molecular flexibility index (Phi) is 4.59. The molecule has 1 aromatic rings. The van der Waals surface area contributed by atoms with Gasteiger partial charge in [0.05, 0.1) is 0 Å². The third-order valence-electron chi connectivity index (χ3n) is 2.84. The highest BCUT2D eigenvalue weighted by atomic mass is 32.1. The first kappa shape index (κ1) is 14.1. The molecule has 0 spiro atoms. The second-order valence-corrected chi connectivity index (χ2v) is 5.82. The molecule has 1 amide bonds. The van der Waals surface area contributed by atoms with Crippen molar-refractivity contribution in [1.82, 2.24) is 19.8 Å². The van der Waals surface area contributed by atoms with Crippen LogP contribution in [0.15, 0.2) is 5.38 Å². The van der Waals surface area contributed by atoms with Crippen LogP contribution in [-0.4, -0.2) is 47.1 Å². The van der Waals surface area contributed by atoms with Gasteiger partial charge in [0.1, 0.15) is 0 Å². The van der Waals surface area contributed by atoms with Gasteiger partial charge in [-0.1, -0.05) is 18.3 Å². The van der Waals surface area contributed by atoms with E-state index in [1.54, 1.807) is 5.38 Å². The van der Waals surface area contributed by atoms with E-state index in [9.17, 15) is 4.79 Å². The molecular formula is C11H20N4OS.